The highest BCUT2D eigenvalue weighted by atomic mass is 16.5. The molecule has 1 heterocycles. The van der Waals surface area contributed by atoms with Crippen LogP contribution in [-0.4, -0.2) is 17.9 Å². The van der Waals surface area contributed by atoms with E-state index >= 15 is 0 Å². The monoisotopic (exact) mass is 297 g/mol. The lowest BCUT2D eigenvalue weighted by atomic mass is 10.2. The highest BCUT2D eigenvalue weighted by Gasteiger charge is 2.27. The Morgan fingerprint density at radius 3 is 2.36 bits per heavy atom. The molecule has 3 N–H and O–H groups in total. The molecule has 0 bridgehead atoms. The summed E-state index contributed by atoms with van der Waals surface area (Å²) in [7, 11) is 0. The van der Waals surface area contributed by atoms with Crippen LogP contribution in [-0.2, 0) is 9.59 Å². The number of carbonyl (C=O) groups excluding carboxylic acids is 2. The fourth-order valence-corrected chi connectivity index (χ4v) is 2.07. The van der Waals surface area contributed by atoms with Crippen molar-refractivity contribution in [3.63, 3.8) is 0 Å². The fourth-order valence-electron chi connectivity index (χ4n) is 2.07. The van der Waals surface area contributed by atoms with Gasteiger partial charge < -0.3 is 10.1 Å². The van der Waals surface area contributed by atoms with E-state index in [9.17, 15) is 9.59 Å². The highest BCUT2D eigenvalue weighted by molar-refractivity contribution is 5.99. The second-order valence-corrected chi connectivity index (χ2v) is 4.88. The lowest BCUT2D eigenvalue weighted by Gasteiger charge is -2.10. The molecule has 1 aliphatic rings. The quantitative estimate of drug-likeness (QED) is 0.804. The summed E-state index contributed by atoms with van der Waals surface area (Å²) in [5.41, 5.74) is 5.68. The van der Waals surface area contributed by atoms with Gasteiger partial charge in [-0.05, 0) is 36.4 Å². The molecule has 112 valence electrons. The van der Waals surface area contributed by atoms with Crippen LogP contribution in [0.2, 0.25) is 0 Å². The van der Waals surface area contributed by atoms with Gasteiger partial charge in [-0.3, -0.25) is 15.0 Å². The number of para-hydroxylation sites is 1. The van der Waals surface area contributed by atoms with Crippen LogP contribution in [0.5, 0.6) is 11.5 Å². The van der Waals surface area contributed by atoms with Crippen molar-refractivity contribution >= 4 is 17.5 Å². The van der Waals surface area contributed by atoms with E-state index in [1.807, 2.05) is 30.3 Å². The van der Waals surface area contributed by atoms with Gasteiger partial charge in [0.15, 0.2) is 0 Å². The Hall–Kier alpha value is -2.86. The molecule has 6 nitrogen and oxygen atoms in total. The first-order chi connectivity index (χ1) is 10.7. The Kier molecular flexibility index (Phi) is 4.02. The molecule has 2 amide bonds. The van der Waals surface area contributed by atoms with Crippen molar-refractivity contribution < 1.29 is 14.3 Å². The first-order valence-electron chi connectivity index (χ1n) is 6.89. The van der Waals surface area contributed by atoms with E-state index in [4.69, 9.17) is 4.74 Å². The van der Waals surface area contributed by atoms with Crippen LogP contribution in [0.1, 0.15) is 6.42 Å². The number of amides is 2. The van der Waals surface area contributed by atoms with Gasteiger partial charge in [-0.25, -0.2) is 5.43 Å². The summed E-state index contributed by atoms with van der Waals surface area (Å²) in [5, 5.41) is 2.75. The third kappa shape index (κ3) is 3.42. The fraction of sp³-hybridized carbons (Fsp3) is 0.125. The van der Waals surface area contributed by atoms with Gasteiger partial charge in [0, 0.05) is 5.69 Å². The summed E-state index contributed by atoms with van der Waals surface area (Å²) in [5.74, 6) is 0.987. The Morgan fingerprint density at radius 2 is 1.73 bits per heavy atom. The summed E-state index contributed by atoms with van der Waals surface area (Å²) in [6.07, 6.45) is 0.140. The zero-order valence-corrected chi connectivity index (χ0v) is 11.7. The zero-order valence-electron chi connectivity index (χ0n) is 11.7. The molecule has 3 rings (SSSR count). The SMILES string of the molecule is O=C1CC(C(=O)Nc2ccc(Oc3ccccc3)cc2)NN1. The van der Waals surface area contributed by atoms with Crippen molar-refractivity contribution in [3.05, 3.63) is 54.6 Å². The van der Waals surface area contributed by atoms with Crippen molar-refractivity contribution in [3.8, 4) is 11.5 Å². The van der Waals surface area contributed by atoms with Crippen LogP contribution in [0.3, 0.4) is 0 Å². The second kappa shape index (κ2) is 6.28. The molecule has 6 heteroatoms. The van der Waals surface area contributed by atoms with E-state index in [1.54, 1.807) is 24.3 Å². The molecule has 0 aromatic heterocycles. The molecule has 22 heavy (non-hydrogen) atoms. The molecule has 0 spiro atoms. The van der Waals surface area contributed by atoms with E-state index in [1.165, 1.54) is 0 Å². The van der Waals surface area contributed by atoms with E-state index in [-0.39, 0.29) is 18.2 Å². The van der Waals surface area contributed by atoms with Crippen molar-refractivity contribution in [2.45, 2.75) is 12.5 Å². The number of benzene rings is 2. The van der Waals surface area contributed by atoms with Crippen molar-refractivity contribution in [2.24, 2.45) is 0 Å². The van der Waals surface area contributed by atoms with E-state index in [2.05, 4.69) is 16.2 Å². The number of anilines is 1. The first kappa shape index (κ1) is 14.1. The number of nitrogens with one attached hydrogen (secondary N) is 3. The van der Waals surface area contributed by atoms with Gasteiger partial charge in [-0.15, -0.1) is 0 Å². The Bertz CT molecular complexity index is 671. The molecule has 1 unspecified atom stereocenters. The van der Waals surface area contributed by atoms with E-state index in [0.717, 1.165) is 5.75 Å². The minimum atomic E-state index is -0.548. The lowest BCUT2D eigenvalue weighted by Crippen LogP contribution is -2.39. The maximum atomic E-state index is 11.9. The first-order valence-corrected chi connectivity index (χ1v) is 6.89. The zero-order chi connectivity index (χ0) is 15.4. The molecular formula is C16H15N3O3. The number of hydrazine groups is 1. The molecule has 0 saturated carbocycles. The molecule has 1 fully saturated rings. The van der Waals surface area contributed by atoms with Gasteiger partial charge in [0.05, 0.1) is 6.42 Å². The predicted octanol–water partition coefficient (Wildman–Crippen LogP) is 1.81. The summed E-state index contributed by atoms with van der Waals surface area (Å²) < 4.78 is 5.67. The molecule has 2 aromatic carbocycles. The van der Waals surface area contributed by atoms with Crippen LogP contribution >= 0.6 is 0 Å². The van der Waals surface area contributed by atoms with Gasteiger partial charge in [-0.1, -0.05) is 18.2 Å². The van der Waals surface area contributed by atoms with Crippen LogP contribution in [0.15, 0.2) is 54.6 Å². The largest absolute Gasteiger partial charge is 0.457 e. The maximum Gasteiger partial charge on any atom is 0.243 e. The van der Waals surface area contributed by atoms with Gasteiger partial charge in [0.1, 0.15) is 17.5 Å². The van der Waals surface area contributed by atoms with Gasteiger partial charge in [0.2, 0.25) is 11.8 Å². The molecule has 1 aliphatic heterocycles. The van der Waals surface area contributed by atoms with Crippen LogP contribution in [0, 0.1) is 0 Å². The van der Waals surface area contributed by atoms with Crippen molar-refractivity contribution in [1.82, 2.24) is 10.9 Å². The van der Waals surface area contributed by atoms with E-state index < -0.39 is 6.04 Å². The molecular weight excluding hydrogens is 282 g/mol. The number of rotatable bonds is 4. The number of hydrogen-bond donors (Lipinski definition) is 3. The standard InChI is InChI=1S/C16H15N3O3/c20-15-10-14(18-19-15)16(21)17-11-6-8-13(9-7-11)22-12-4-2-1-3-5-12/h1-9,14,18H,10H2,(H,17,21)(H,19,20). The summed E-state index contributed by atoms with van der Waals surface area (Å²) in [4.78, 5) is 23.0. The molecule has 1 atom stereocenters. The van der Waals surface area contributed by atoms with Gasteiger partial charge in [-0.2, -0.15) is 0 Å². The summed E-state index contributed by atoms with van der Waals surface area (Å²) in [6, 6.07) is 15.9. The van der Waals surface area contributed by atoms with E-state index in [0.29, 0.717) is 11.4 Å². The highest BCUT2D eigenvalue weighted by Crippen LogP contribution is 2.22. The lowest BCUT2D eigenvalue weighted by molar-refractivity contribution is -0.121. The van der Waals surface area contributed by atoms with Crippen molar-refractivity contribution in [2.75, 3.05) is 5.32 Å². The minimum absolute atomic E-state index is 0.140. The predicted molar refractivity (Wildman–Crippen MR) is 81.3 cm³/mol. The third-order valence-electron chi connectivity index (χ3n) is 3.19. The molecule has 2 aromatic rings. The number of ether oxygens (including phenoxy) is 1. The van der Waals surface area contributed by atoms with Crippen LogP contribution in [0.4, 0.5) is 5.69 Å². The average molecular weight is 297 g/mol. The number of carbonyl (C=O) groups is 2. The normalized spacial score (nSPS) is 16.9. The average Bonchev–Trinajstić information content (AvgIpc) is 2.97. The molecule has 1 saturated heterocycles. The third-order valence-corrected chi connectivity index (χ3v) is 3.19. The second-order valence-electron chi connectivity index (χ2n) is 4.88. The van der Waals surface area contributed by atoms with Crippen LogP contribution in [0.25, 0.3) is 0 Å². The van der Waals surface area contributed by atoms with Crippen LogP contribution < -0.4 is 20.9 Å². The maximum absolute atomic E-state index is 11.9. The summed E-state index contributed by atoms with van der Waals surface area (Å²) in [6.45, 7) is 0. The molecule has 0 aliphatic carbocycles. The van der Waals surface area contributed by atoms with Crippen molar-refractivity contribution in [1.29, 1.82) is 0 Å². The Morgan fingerprint density at radius 1 is 1.05 bits per heavy atom. The smallest absolute Gasteiger partial charge is 0.243 e. The van der Waals surface area contributed by atoms with Gasteiger partial charge >= 0.3 is 0 Å². The summed E-state index contributed by atoms with van der Waals surface area (Å²) >= 11 is 0. The topological polar surface area (TPSA) is 79.5 Å². The van der Waals surface area contributed by atoms with Gasteiger partial charge in [0.25, 0.3) is 0 Å². The molecule has 0 radical (unpaired) electrons. The number of hydrogen-bond acceptors (Lipinski definition) is 4. The minimum Gasteiger partial charge on any atom is -0.457 e. The Balaban J connectivity index is 1.59. The Labute approximate surface area is 127 Å².